The summed E-state index contributed by atoms with van der Waals surface area (Å²) < 4.78 is 27.1. The first kappa shape index (κ1) is 14.5. The van der Waals surface area contributed by atoms with Gasteiger partial charge in [-0.1, -0.05) is 22.4 Å². The highest BCUT2D eigenvalue weighted by molar-refractivity contribution is 9.10. The topological polar surface area (TPSA) is 80.5 Å². The maximum atomic E-state index is 12.5. The first-order valence-corrected chi connectivity index (χ1v) is 8.23. The van der Waals surface area contributed by atoms with Gasteiger partial charge in [0.2, 0.25) is 15.9 Å². The summed E-state index contributed by atoms with van der Waals surface area (Å²) in [7, 11) is -3.66. The van der Waals surface area contributed by atoms with E-state index in [2.05, 4.69) is 15.9 Å². The van der Waals surface area contributed by atoms with Crippen LogP contribution in [-0.2, 0) is 14.8 Å². The second-order valence-electron chi connectivity index (χ2n) is 4.48. The number of carbonyl (C=O) groups is 1. The molecule has 5 nitrogen and oxygen atoms in total. The Morgan fingerprint density at radius 1 is 1.26 bits per heavy atom. The summed E-state index contributed by atoms with van der Waals surface area (Å²) in [6.07, 6.45) is 2.06. The Kier molecular flexibility index (Phi) is 4.27. The van der Waals surface area contributed by atoms with Crippen LogP contribution >= 0.6 is 15.9 Å². The fourth-order valence-corrected chi connectivity index (χ4v) is 4.15. The van der Waals surface area contributed by atoms with E-state index in [-0.39, 0.29) is 4.90 Å². The van der Waals surface area contributed by atoms with E-state index >= 15 is 0 Å². The van der Waals surface area contributed by atoms with Crippen LogP contribution < -0.4 is 5.73 Å². The number of rotatable bonds is 3. The number of nitrogens with two attached hydrogens (primary N) is 1. The molecule has 1 aromatic rings. The van der Waals surface area contributed by atoms with Crippen molar-refractivity contribution in [1.29, 1.82) is 0 Å². The highest BCUT2D eigenvalue weighted by Gasteiger charge is 2.36. The number of benzene rings is 1. The number of nitrogens with zero attached hydrogens (tertiary/aromatic N) is 1. The molecular formula is C12H15BrN2O3S. The zero-order chi connectivity index (χ0) is 14.0. The van der Waals surface area contributed by atoms with Gasteiger partial charge in [0, 0.05) is 11.0 Å². The van der Waals surface area contributed by atoms with Gasteiger partial charge in [0.25, 0.3) is 0 Å². The number of sulfonamides is 1. The molecule has 1 heterocycles. The number of carbonyl (C=O) groups excluding carboxylic acids is 1. The Balaban J connectivity index is 2.37. The fourth-order valence-electron chi connectivity index (χ4n) is 2.22. The lowest BCUT2D eigenvalue weighted by molar-refractivity contribution is -0.122. The van der Waals surface area contributed by atoms with Crippen molar-refractivity contribution in [3.8, 4) is 0 Å². The number of piperidine rings is 1. The minimum atomic E-state index is -3.66. The van der Waals surface area contributed by atoms with E-state index in [1.165, 1.54) is 16.4 Å². The van der Waals surface area contributed by atoms with Crippen molar-refractivity contribution in [1.82, 2.24) is 4.31 Å². The molecule has 0 aromatic heterocycles. The number of halogens is 1. The van der Waals surface area contributed by atoms with Gasteiger partial charge in [0.15, 0.2) is 0 Å². The van der Waals surface area contributed by atoms with E-state index < -0.39 is 22.0 Å². The maximum absolute atomic E-state index is 12.5. The third kappa shape index (κ3) is 2.98. The molecule has 0 spiro atoms. The summed E-state index contributed by atoms with van der Waals surface area (Å²) in [5.74, 6) is -0.583. The molecule has 7 heteroatoms. The van der Waals surface area contributed by atoms with Crippen molar-refractivity contribution in [3.05, 3.63) is 28.7 Å². The molecule has 1 amide bonds. The van der Waals surface area contributed by atoms with E-state index in [1.54, 1.807) is 12.1 Å². The van der Waals surface area contributed by atoms with Gasteiger partial charge < -0.3 is 5.73 Å². The Hall–Kier alpha value is -0.920. The third-order valence-corrected chi connectivity index (χ3v) is 5.65. The van der Waals surface area contributed by atoms with Gasteiger partial charge >= 0.3 is 0 Å². The van der Waals surface area contributed by atoms with Gasteiger partial charge in [-0.15, -0.1) is 0 Å². The Morgan fingerprint density at radius 3 is 2.47 bits per heavy atom. The minimum absolute atomic E-state index is 0.184. The van der Waals surface area contributed by atoms with Gasteiger partial charge in [-0.25, -0.2) is 8.42 Å². The molecule has 0 bridgehead atoms. The summed E-state index contributed by atoms with van der Waals surface area (Å²) in [5.41, 5.74) is 5.30. The second-order valence-corrected chi connectivity index (χ2v) is 7.29. The maximum Gasteiger partial charge on any atom is 0.243 e. The van der Waals surface area contributed by atoms with Crippen LogP contribution in [0.15, 0.2) is 33.6 Å². The number of amides is 1. The molecule has 0 saturated carbocycles. The molecule has 1 aliphatic rings. The molecule has 1 saturated heterocycles. The van der Waals surface area contributed by atoms with Crippen LogP contribution in [0.25, 0.3) is 0 Å². The zero-order valence-corrected chi connectivity index (χ0v) is 12.7. The van der Waals surface area contributed by atoms with Crippen LogP contribution in [0, 0.1) is 0 Å². The molecule has 1 aliphatic heterocycles. The van der Waals surface area contributed by atoms with Crippen LogP contribution in [0.2, 0.25) is 0 Å². The Morgan fingerprint density at radius 2 is 1.89 bits per heavy atom. The number of primary amides is 1. The third-order valence-electron chi connectivity index (χ3n) is 3.20. The van der Waals surface area contributed by atoms with Crippen molar-refractivity contribution in [2.45, 2.75) is 30.2 Å². The van der Waals surface area contributed by atoms with Gasteiger partial charge in [0.1, 0.15) is 6.04 Å². The lowest BCUT2D eigenvalue weighted by atomic mass is 10.0. The molecule has 2 N–H and O–H groups in total. The van der Waals surface area contributed by atoms with E-state index in [0.717, 1.165) is 17.3 Å². The number of hydrogen-bond donors (Lipinski definition) is 1. The lowest BCUT2D eigenvalue weighted by Gasteiger charge is -2.32. The van der Waals surface area contributed by atoms with Crippen LogP contribution in [0.1, 0.15) is 19.3 Å². The zero-order valence-electron chi connectivity index (χ0n) is 10.3. The summed E-state index contributed by atoms with van der Waals surface area (Å²) in [5, 5.41) is 0. The largest absolute Gasteiger partial charge is 0.368 e. The van der Waals surface area contributed by atoms with Gasteiger partial charge in [-0.05, 0) is 37.1 Å². The molecule has 0 radical (unpaired) electrons. The van der Waals surface area contributed by atoms with Crippen molar-refractivity contribution in [3.63, 3.8) is 0 Å². The quantitative estimate of drug-likeness (QED) is 0.899. The van der Waals surface area contributed by atoms with Crippen molar-refractivity contribution >= 4 is 31.9 Å². The molecule has 104 valence electrons. The predicted molar refractivity (Wildman–Crippen MR) is 74.9 cm³/mol. The van der Waals surface area contributed by atoms with Crippen LogP contribution in [-0.4, -0.2) is 31.2 Å². The molecule has 2 rings (SSSR count). The van der Waals surface area contributed by atoms with E-state index in [9.17, 15) is 13.2 Å². The highest BCUT2D eigenvalue weighted by Crippen LogP contribution is 2.26. The normalized spacial score (nSPS) is 21.2. The van der Waals surface area contributed by atoms with Crippen LogP contribution in [0.3, 0.4) is 0 Å². The van der Waals surface area contributed by atoms with Crippen LogP contribution in [0.5, 0.6) is 0 Å². The molecule has 1 fully saturated rings. The predicted octanol–water partition coefficient (Wildman–Crippen LogP) is 1.48. The first-order valence-electron chi connectivity index (χ1n) is 5.99. The van der Waals surface area contributed by atoms with Crippen molar-refractivity contribution in [2.24, 2.45) is 5.73 Å². The molecule has 1 aromatic carbocycles. The first-order chi connectivity index (χ1) is 8.93. The molecule has 0 aliphatic carbocycles. The van der Waals surface area contributed by atoms with E-state index in [4.69, 9.17) is 5.73 Å². The van der Waals surface area contributed by atoms with Crippen LogP contribution in [0.4, 0.5) is 0 Å². The van der Waals surface area contributed by atoms with E-state index in [1.807, 2.05) is 0 Å². The SMILES string of the molecule is NC(=O)[C@@H]1CCCCN1S(=O)(=O)c1ccc(Br)cc1. The summed E-state index contributed by atoms with van der Waals surface area (Å²) in [4.78, 5) is 11.6. The highest BCUT2D eigenvalue weighted by atomic mass is 79.9. The molecule has 19 heavy (non-hydrogen) atoms. The molecule has 1 atom stereocenters. The fraction of sp³-hybridized carbons (Fsp3) is 0.417. The van der Waals surface area contributed by atoms with Gasteiger partial charge in [0.05, 0.1) is 4.90 Å². The smallest absolute Gasteiger partial charge is 0.243 e. The standard InChI is InChI=1S/C12H15BrN2O3S/c13-9-4-6-10(7-5-9)19(17,18)15-8-2-1-3-11(15)12(14)16/h4-7,11H,1-3,8H2,(H2,14,16)/t11-/m0/s1. The molecular weight excluding hydrogens is 332 g/mol. The second kappa shape index (κ2) is 5.60. The Bertz CT molecular complexity index is 571. The summed E-state index contributed by atoms with van der Waals surface area (Å²) >= 11 is 3.26. The van der Waals surface area contributed by atoms with E-state index in [0.29, 0.717) is 13.0 Å². The molecule has 0 unspecified atom stereocenters. The lowest BCUT2D eigenvalue weighted by Crippen LogP contribution is -2.50. The average Bonchev–Trinajstić information content (AvgIpc) is 2.39. The average molecular weight is 347 g/mol. The van der Waals surface area contributed by atoms with Gasteiger partial charge in [-0.3, -0.25) is 4.79 Å². The van der Waals surface area contributed by atoms with Gasteiger partial charge in [-0.2, -0.15) is 4.31 Å². The summed E-state index contributed by atoms with van der Waals surface area (Å²) in [6, 6.07) is 5.63. The summed E-state index contributed by atoms with van der Waals surface area (Å²) in [6.45, 7) is 0.339. The Labute approximate surface area is 121 Å². The monoisotopic (exact) mass is 346 g/mol. The van der Waals surface area contributed by atoms with Crippen molar-refractivity contribution < 1.29 is 13.2 Å². The van der Waals surface area contributed by atoms with Crippen molar-refractivity contribution in [2.75, 3.05) is 6.54 Å². The number of hydrogen-bond acceptors (Lipinski definition) is 3. The minimum Gasteiger partial charge on any atom is -0.368 e.